The van der Waals surface area contributed by atoms with Crippen molar-refractivity contribution in [2.75, 3.05) is 17.7 Å². The summed E-state index contributed by atoms with van der Waals surface area (Å²) in [7, 11) is 1.55. The molecule has 4 rings (SSSR count). The molecule has 0 bridgehead atoms. The minimum Gasteiger partial charge on any atom is -0.495 e. The van der Waals surface area contributed by atoms with Gasteiger partial charge in [-0.2, -0.15) is 0 Å². The lowest BCUT2D eigenvalue weighted by Crippen LogP contribution is -2.14. The third-order valence-electron chi connectivity index (χ3n) is 5.01. The molecule has 0 aromatic heterocycles. The number of hydrogen-bond donors (Lipinski definition) is 2. The van der Waals surface area contributed by atoms with E-state index < -0.39 is 0 Å². The number of benzene rings is 4. The predicted molar refractivity (Wildman–Crippen MR) is 127 cm³/mol. The van der Waals surface area contributed by atoms with E-state index in [1.807, 2.05) is 54.6 Å². The van der Waals surface area contributed by atoms with E-state index in [0.717, 1.165) is 11.1 Å². The van der Waals surface area contributed by atoms with Crippen LogP contribution >= 0.6 is 0 Å². The fraction of sp³-hybridized carbons (Fsp3) is 0.0370. The van der Waals surface area contributed by atoms with Crippen LogP contribution in [-0.4, -0.2) is 18.9 Å². The molecular weight excluding hydrogens is 400 g/mol. The Labute approximate surface area is 186 Å². The summed E-state index contributed by atoms with van der Waals surface area (Å²) in [5, 5.41) is 5.69. The van der Waals surface area contributed by atoms with Gasteiger partial charge in [0.25, 0.3) is 11.8 Å². The largest absolute Gasteiger partial charge is 0.495 e. The zero-order valence-corrected chi connectivity index (χ0v) is 17.5. The first-order valence-corrected chi connectivity index (χ1v) is 10.2. The van der Waals surface area contributed by atoms with Crippen molar-refractivity contribution in [3.05, 3.63) is 114 Å². The van der Waals surface area contributed by atoms with Crippen molar-refractivity contribution in [1.29, 1.82) is 0 Å². The molecule has 32 heavy (non-hydrogen) atoms. The molecule has 0 saturated heterocycles. The van der Waals surface area contributed by atoms with Crippen molar-refractivity contribution in [2.24, 2.45) is 0 Å². The van der Waals surface area contributed by atoms with Crippen molar-refractivity contribution in [3.8, 4) is 16.9 Å². The van der Waals surface area contributed by atoms with Crippen molar-refractivity contribution in [1.82, 2.24) is 0 Å². The normalized spacial score (nSPS) is 10.3. The Morgan fingerprint density at radius 2 is 1.12 bits per heavy atom. The van der Waals surface area contributed by atoms with Crippen molar-refractivity contribution in [2.45, 2.75) is 0 Å². The highest BCUT2D eigenvalue weighted by atomic mass is 16.5. The lowest BCUT2D eigenvalue weighted by molar-refractivity contribution is 0.101. The summed E-state index contributed by atoms with van der Waals surface area (Å²) in [5.74, 6) is 0.114. The number of anilines is 2. The van der Waals surface area contributed by atoms with Crippen LogP contribution in [0.4, 0.5) is 11.4 Å². The molecule has 2 N–H and O–H groups in total. The van der Waals surface area contributed by atoms with Crippen LogP contribution < -0.4 is 15.4 Å². The molecule has 4 aromatic rings. The van der Waals surface area contributed by atoms with Crippen LogP contribution in [0.2, 0.25) is 0 Å². The van der Waals surface area contributed by atoms with Crippen LogP contribution in [0.3, 0.4) is 0 Å². The first-order valence-electron chi connectivity index (χ1n) is 10.2. The highest BCUT2D eigenvalue weighted by Gasteiger charge is 2.11. The van der Waals surface area contributed by atoms with E-state index in [1.165, 1.54) is 0 Å². The van der Waals surface area contributed by atoms with Crippen molar-refractivity contribution in [3.63, 3.8) is 0 Å². The number of carbonyl (C=O) groups excluding carboxylic acids is 2. The molecule has 0 fully saturated rings. The minimum absolute atomic E-state index is 0.212. The number of ether oxygens (including phenoxy) is 1. The van der Waals surface area contributed by atoms with Crippen LogP contribution in [0.5, 0.6) is 5.75 Å². The van der Waals surface area contributed by atoms with Gasteiger partial charge in [-0.15, -0.1) is 0 Å². The Kier molecular flexibility index (Phi) is 6.28. The van der Waals surface area contributed by atoms with Gasteiger partial charge in [0, 0.05) is 16.8 Å². The molecule has 0 radical (unpaired) electrons. The van der Waals surface area contributed by atoms with Gasteiger partial charge in [-0.05, 0) is 59.7 Å². The summed E-state index contributed by atoms with van der Waals surface area (Å²) < 4.78 is 5.26. The zero-order chi connectivity index (χ0) is 22.3. The van der Waals surface area contributed by atoms with E-state index in [9.17, 15) is 9.59 Å². The standard InChI is InChI=1S/C27H22N2O3/c1-32-25-10-6-5-9-24(25)29-27(31)22-15-17-23(18-16-22)28-26(30)21-13-11-20(12-14-21)19-7-3-2-4-8-19/h2-18H,1H3,(H,28,30)(H,29,31). The SMILES string of the molecule is COc1ccccc1NC(=O)c1ccc(NC(=O)c2ccc(-c3ccccc3)cc2)cc1. The zero-order valence-electron chi connectivity index (χ0n) is 17.5. The van der Waals surface area contributed by atoms with Gasteiger partial charge in [0.05, 0.1) is 12.8 Å². The summed E-state index contributed by atoms with van der Waals surface area (Å²) in [6, 6.07) is 31.4. The minimum atomic E-state index is -0.260. The predicted octanol–water partition coefficient (Wildman–Crippen LogP) is 5.87. The van der Waals surface area contributed by atoms with Crippen molar-refractivity contribution < 1.29 is 14.3 Å². The van der Waals surface area contributed by atoms with Crippen LogP contribution in [0.1, 0.15) is 20.7 Å². The molecule has 0 aliphatic heterocycles. The van der Waals surface area contributed by atoms with Gasteiger partial charge in [-0.1, -0.05) is 54.6 Å². The second-order valence-electron chi connectivity index (χ2n) is 7.13. The van der Waals surface area contributed by atoms with Gasteiger partial charge in [-0.25, -0.2) is 0 Å². The molecule has 2 amide bonds. The lowest BCUT2D eigenvalue weighted by atomic mass is 10.0. The molecule has 0 heterocycles. The average molecular weight is 422 g/mol. The summed E-state index contributed by atoms with van der Waals surface area (Å²) in [6.07, 6.45) is 0. The summed E-state index contributed by atoms with van der Waals surface area (Å²) in [4.78, 5) is 25.1. The Balaban J connectivity index is 1.40. The van der Waals surface area contributed by atoms with Crippen molar-refractivity contribution >= 4 is 23.2 Å². The molecule has 0 aliphatic carbocycles. The van der Waals surface area contributed by atoms with E-state index in [2.05, 4.69) is 10.6 Å². The Bertz CT molecular complexity index is 1220. The first kappa shape index (κ1) is 20.9. The second-order valence-corrected chi connectivity index (χ2v) is 7.13. The number of nitrogens with one attached hydrogen (secondary N) is 2. The average Bonchev–Trinajstić information content (AvgIpc) is 2.85. The van der Waals surface area contributed by atoms with Gasteiger partial charge in [0.2, 0.25) is 0 Å². The first-order chi connectivity index (χ1) is 15.6. The highest BCUT2D eigenvalue weighted by molar-refractivity contribution is 6.06. The van der Waals surface area contributed by atoms with E-state index in [4.69, 9.17) is 4.74 Å². The quantitative estimate of drug-likeness (QED) is 0.409. The van der Waals surface area contributed by atoms with Crippen LogP contribution in [-0.2, 0) is 0 Å². The fourth-order valence-corrected chi connectivity index (χ4v) is 3.30. The summed E-state index contributed by atoms with van der Waals surface area (Å²) >= 11 is 0. The lowest BCUT2D eigenvalue weighted by Gasteiger charge is -2.10. The molecule has 0 aliphatic rings. The number of amides is 2. The van der Waals surface area contributed by atoms with E-state index in [-0.39, 0.29) is 11.8 Å². The Morgan fingerprint density at radius 3 is 1.78 bits per heavy atom. The Morgan fingerprint density at radius 1 is 0.594 bits per heavy atom. The Hall–Kier alpha value is -4.38. The molecule has 0 atom stereocenters. The van der Waals surface area contributed by atoms with Crippen LogP contribution in [0, 0.1) is 0 Å². The van der Waals surface area contributed by atoms with Gasteiger partial charge in [0.1, 0.15) is 5.75 Å². The number of hydrogen-bond acceptors (Lipinski definition) is 3. The van der Waals surface area contributed by atoms with Gasteiger partial charge in [0.15, 0.2) is 0 Å². The molecule has 5 heteroatoms. The molecule has 158 valence electrons. The van der Waals surface area contributed by atoms with E-state index >= 15 is 0 Å². The molecule has 5 nitrogen and oxygen atoms in total. The van der Waals surface area contributed by atoms with Crippen LogP contribution in [0.15, 0.2) is 103 Å². The fourth-order valence-electron chi connectivity index (χ4n) is 3.30. The summed E-state index contributed by atoms with van der Waals surface area (Å²) in [5.41, 5.74) is 4.38. The maximum Gasteiger partial charge on any atom is 0.255 e. The highest BCUT2D eigenvalue weighted by Crippen LogP contribution is 2.24. The molecule has 0 unspecified atom stereocenters. The topological polar surface area (TPSA) is 67.4 Å². The van der Waals surface area contributed by atoms with E-state index in [0.29, 0.717) is 28.3 Å². The third kappa shape index (κ3) is 4.84. The molecule has 0 saturated carbocycles. The van der Waals surface area contributed by atoms with Gasteiger partial charge in [-0.3, -0.25) is 9.59 Å². The number of rotatable bonds is 6. The second kappa shape index (κ2) is 9.62. The molecule has 0 spiro atoms. The van der Waals surface area contributed by atoms with Crippen LogP contribution in [0.25, 0.3) is 11.1 Å². The smallest absolute Gasteiger partial charge is 0.255 e. The van der Waals surface area contributed by atoms with Gasteiger partial charge >= 0.3 is 0 Å². The number of para-hydroxylation sites is 2. The summed E-state index contributed by atoms with van der Waals surface area (Å²) in [6.45, 7) is 0. The maximum atomic E-state index is 12.6. The maximum absolute atomic E-state index is 12.6. The number of carbonyl (C=O) groups is 2. The van der Waals surface area contributed by atoms with E-state index in [1.54, 1.807) is 55.6 Å². The van der Waals surface area contributed by atoms with Gasteiger partial charge < -0.3 is 15.4 Å². The number of methoxy groups -OCH3 is 1. The monoisotopic (exact) mass is 422 g/mol. The molecule has 4 aromatic carbocycles. The third-order valence-corrected chi connectivity index (χ3v) is 5.01. The molecular formula is C27H22N2O3.